The van der Waals surface area contributed by atoms with Crippen LogP contribution in [0, 0.1) is 17.8 Å². The third-order valence-electron chi connectivity index (χ3n) is 6.08. The summed E-state index contributed by atoms with van der Waals surface area (Å²) in [6.45, 7) is 12.8. The summed E-state index contributed by atoms with van der Waals surface area (Å²) in [7, 11) is 0. The molecule has 0 amide bonds. The minimum atomic E-state index is -0.103. The lowest BCUT2D eigenvalue weighted by Crippen LogP contribution is -2.39. The smallest absolute Gasteiger partial charge is 0.240 e. The number of rotatable bonds is 6. The molecule has 0 bridgehead atoms. The monoisotopic (exact) mass is 348 g/mol. The second kappa shape index (κ2) is 7.33. The molecule has 3 aliphatic heterocycles. The minimum Gasteiger partial charge on any atom is -0.370 e. The Hall–Kier alpha value is -0.980. The molecule has 0 aliphatic carbocycles. The van der Waals surface area contributed by atoms with Crippen LogP contribution in [0.1, 0.15) is 57.9 Å². The second-order valence-corrected chi connectivity index (χ2v) is 8.59. The van der Waals surface area contributed by atoms with Gasteiger partial charge < -0.3 is 9.26 Å². The molecule has 25 heavy (non-hydrogen) atoms. The van der Waals surface area contributed by atoms with E-state index in [0.717, 1.165) is 36.9 Å². The number of ether oxygens (including phenoxy) is 1. The second-order valence-electron chi connectivity index (χ2n) is 8.59. The van der Waals surface area contributed by atoms with Crippen molar-refractivity contribution in [1.29, 1.82) is 0 Å². The molecule has 3 aliphatic rings. The summed E-state index contributed by atoms with van der Waals surface area (Å²) in [6, 6.07) is 0.825. The average Bonchev–Trinajstić information content (AvgIpc) is 3.27. The minimum absolute atomic E-state index is 0.103. The standard InChI is InChI=1S/C19H32N4O2/c1-13(2)12-24-14(3)19-20-18(25-21-19)11-22-8-15-9-23-7-5-4-6-17(23)16(15)10-22/h13-17H,4-12H2,1-3H3/t14-,15-,16-,17+/m1/s1. The normalized spacial score (nSPS) is 31.4. The third-order valence-corrected chi connectivity index (χ3v) is 6.08. The first kappa shape index (κ1) is 17.4. The zero-order valence-corrected chi connectivity index (χ0v) is 15.9. The van der Waals surface area contributed by atoms with Gasteiger partial charge in [-0.1, -0.05) is 25.4 Å². The first-order chi connectivity index (χ1) is 12.1. The molecular formula is C19H32N4O2. The van der Waals surface area contributed by atoms with E-state index in [1.165, 1.54) is 45.4 Å². The molecule has 0 N–H and O–H groups in total. The molecule has 0 spiro atoms. The number of aromatic nitrogens is 2. The third kappa shape index (κ3) is 3.76. The summed E-state index contributed by atoms with van der Waals surface area (Å²) in [5.41, 5.74) is 0. The zero-order valence-electron chi connectivity index (χ0n) is 15.9. The fourth-order valence-corrected chi connectivity index (χ4v) is 4.88. The maximum absolute atomic E-state index is 5.79. The van der Waals surface area contributed by atoms with Gasteiger partial charge in [0.2, 0.25) is 5.89 Å². The van der Waals surface area contributed by atoms with Crippen molar-refractivity contribution in [3.63, 3.8) is 0 Å². The summed E-state index contributed by atoms with van der Waals surface area (Å²) >= 11 is 0. The predicted octanol–water partition coefficient (Wildman–Crippen LogP) is 2.72. The van der Waals surface area contributed by atoms with E-state index in [2.05, 4.69) is 33.8 Å². The van der Waals surface area contributed by atoms with Crippen molar-refractivity contribution in [1.82, 2.24) is 19.9 Å². The van der Waals surface area contributed by atoms with Crippen molar-refractivity contribution in [2.45, 2.75) is 58.7 Å². The lowest BCUT2D eigenvalue weighted by molar-refractivity contribution is 0.0402. The van der Waals surface area contributed by atoms with Gasteiger partial charge in [-0.15, -0.1) is 0 Å². The van der Waals surface area contributed by atoms with E-state index in [9.17, 15) is 0 Å². The van der Waals surface area contributed by atoms with Gasteiger partial charge in [0.05, 0.1) is 6.54 Å². The molecule has 140 valence electrons. The maximum atomic E-state index is 5.79. The summed E-state index contributed by atoms with van der Waals surface area (Å²) in [5.74, 6) is 3.59. The van der Waals surface area contributed by atoms with Gasteiger partial charge in [-0.3, -0.25) is 9.80 Å². The molecule has 4 atom stereocenters. The molecule has 0 aromatic carbocycles. The Bertz CT molecular complexity index is 576. The summed E-state index contributed by atoms with van der Waals surface area (Å²) < 4.78 is 11.3. The van der Waals surface area contributed by atoms with Crippen molar-refractivity contribution in [3.8, 4) is 0 Å². The van der Waals surface area contributed by atoms with Gasteiger partial charge in [0, 0.05) is 32.3 Å². The van der Waals surface area contributed by atoms with Crippen LogP contribution in [0.25, 0.3) is 0 Å². The van der Waals surface area contributed by atoms with Crippen LogP contribution in [0.15, 0.2) is 4.52 Å². The molecule has 3 saturated heterocycles. The van der Waals surface area contributed by atoms with E-state index in [-0.39, 0.29) is 6.10 Å². The van der Waals surface area contributed by atoms with Gasteiger partial charge in [-0.25, -0.2) is 0 Å². The molecule has 6 nitrogen and oxygen atoms in total. The lowest BCUT2D eigenvalue weighted by atomic mass is 9.90. The van der Waals surface area contributed by atoms with Gasteiger partial charge in [-0.05, 0) is 44.1 Å². The van der Waals surface area contributed by atoms with Crippen LogP contribution in [-0.2, 0) is 11.3 Å². The van der Waals surface area contributed by atoms with E-state index in [0.29, 0.717) is 11.7 Å². The van der Waals surface area contributed by atoms with Crippen molar-refractivity contribution in [2.75, 3.05) is 32.8 Å². The molecule has 1 aromatic heterocycles. The molecule has 3 fully saturated rings. The molecule has 0 saturated carbocycles. The predicted molar refractivity (Wildman–Crippen MR) is 95.0 cm³/mol. The maximum Gasteiger partial charge on any atom is 0.240 e. The highest BCUT2D eigenvalue weighted by Crippen LogP contribution is 2.40. The number of fused-ring (bicyclic) bond motifs is 3. The molecule has 6 heteroatoms. The van der Waals surface area contributed by atoms with Crippen LogP contribution in [0.3, 0.4) is 0 Å². The summed E-state index contributed by atoms with van der Waals surface area (Å²) in [5, 5.41) is 4.13. The van der Waals surface area contributed by atoms with Gasteiger partial charge in [0.15, 0.2) is 5.82 Å². The van der Waals surface area contributed by atoms with E-state index in [1.54, 1.807) is 0 Å². The van der Waals surface area contributed by atoms with Gasteiger partial charge >= 0.3 is 0 Å². The van der Waals surface area contributed by atoms with E-state index in [4.69, 9.17) is 9.26 Å². The van der Waals surface area contributed by atoms with Crippen molar-refractivity contribution < 1.29 is 9.26 Å². The van der Waals surface area contributed by atoms with E-state index < -0.39 is 0 Å². The topological polar surface area (TPSA) is 54.6 Å². The van der Waals surface area contributed by atoms with Crippen molar-refractivity contribution in [2.24, 2.45) is 17.8 Å². The SMILES string of the molecule is CC(C)CO[C@H](C)c1noc(CN2C[C@@H]3CN4CCCC[C@H]4[C@@H]3C2)n1. The Labute approximate surface area is 150 Å². The van der Waals surface area contributed by atoms with Crippen LogP contribution in [-0.4, -0.2) is 58.8 Å². The fourth-order valence-electron chi connectivity index (χ4n) is 4.88. The van der Waals surface area contributed by atoms with E-state index >= 15 is 0 Å². The molecular weight excluding hydrogens is 316 g/mol. The summed E-state index contributed by atoms with van der Waals surface area (Å²) in [4.78, 5) is 9.83. The van der Waals surface area contributed by atoms with Gasteiger partial charge in [0.25, 0.3) is 0 Å². The Kier molecular flexibility index (Phi) is 5.11. The fraction of sp³-hybridized carbons (Fsp3) is 0.895. The number of likely N-dealkylation sites (tertiary alicyclic amines) is 1. The molecule has 0 unspecified atom stereocenters. The Balaban J connectivity index is 1.31. The quantitative estimate of drug-likeness (QED) is 0.788. The zero-order chi connectivity index (χ0) is 17.4. The number of hydrogen-bond donors (Lipinski definition) is 0. The van der Waals surface area contributed by atoms with Crippen LogP contribution in [0.2, 0.25) is 0 Å². The summed E-state index contributed by atoms with van der Waals surface area (Å²) in [6.07, 6.45) is 4.09. The Morgan fingerprint density at radius 3 is 2.92 bits per heavy atom. The highest BCUT2D eigenvalue weighted by molar-refractivity contribution is 5.01. The van der Waals surface area contributed by atoms with Crippen molar-refractivity contribution in [3.05, 3.63) is 11.7 Å². The van der Waals surface area contributed by atoms with Crippen LogP contribution in [0.5, 0.6) is 0 Å². The molecule has 0 radical (unpaired) electrons. The molecule has 4 heterocycles. The number of hydrogen-bond acceptors (Lipinski definition) is 6. The largest absolute Gasteiger partial charge is 0.370 e. The van der Waals surface area contributed by atoms with Crippen molar-refractivity contribution >= 4 is 0 Å². The lowest BCUT2D eigenvalue weighted by Gasteiger charge is -2.33. The first-order valence-electron chi connectivity index (χ1n) is 10.0. The highest BCUT2D eigenvalue weighted by atomic mass is 16.5. The number of nitrogens with zero attached hydrogens (tertiary/aromatic N) is 4. The average molecular weight is 348 g/mol. The molecule has 4 rings (SSSR count). The van der Waals surface area contributed by atoms with Crippen LogP contribution in [0.4, 0.5) is 0 Å². The van der Waals surface area contributed by atoms with Gasteiger partial charge in [-0.2, -0.15) is 4.98 Å². The highest BCUT2D eigenvalue weighted by Gasteiger charge is 2.47. The first-order valence-corrected chi connectivity index (χ1v) is 10.0. The van der Waals surface area contributed by atoms with E-state index in [1.807, 2.05) is 6.92 Å². The Morgan fingerprint density at radius 1 is 1.20 bits per heavy atom. The van der Waals surface area contributed by atoms with Gasteiger partial charge in [0.1, 0.15) is 6.10 Å². The Morgan fingerprint density at radius 2 is 2.08 bits per heavy atom. The molecule has 1 aromatic rings. The number of piperidine rings is 1. The van der Waals surface area contributed by atoms with Crippen LogP contribution < -0.4 is 0 Å². The van der Waals surface area contributed by atoms with Crippen LogP contribution >= 0.6 is 0 Å².